The van der Waals surface area contributed by atoms with Gasteiger partial charge in [-0.3, -0.25) is 4.90 Å². The molecule has 0 radical (unpaired) electrons. The summed E-state index contributed by atoms with van der Waals surface area (Å²) in [4.78, 5) is 15.6. The fourth-order valence-corrected chi connectivity index (χ4v) is 4.74. The molecule has 1 aromatic heterocycles. The molecule has 1 aromatic rings. The van der Waals surface area contributed by atoms with Crippen molar-refractivity contribution in [2.45, 2.75) is 19.1 Å². The van der Waals surface area contributed by atoms with Crippen molar-refractivity contribution in [2.24, 2.45) is 5.41 Å². The van der Waals surface area contributed by atoms with Crippen LogP contribution in [0.1, 0.15) is 11.4 Å². The van der Waals surface area contributed by atoms with Crippen molar-refractivity contribution >= 4 is 27.3 Å². The number of carbonyl (C=O) groups is 1. The van der Waals surface area contributed by atoms with E-state index >= 15 is 0 Å². The Morgan fingerprint density at radius 2 is 2.07 bits per heavy atom. The van der Waals surface area contributed by atoms with Gasteiger partial charge in [-0.25, -0.2) is 18.2 Å². The summed E-state index contributed by atoms with van der Waals surface area (Å²) in [5.41, 5.74) is -0.0726. The molecule has 0 saturated carbocycles. The lowest BCUT2D eigenvalue weighted by atomic mass is 9.88. The summed E-state index contributed by atoms with van der Waals surface area (Å²) in [7, 11) is -3.16. The quantitative estimate of drug-likeness (QED) is 0.748. The summed E-state index contributed by atoms with van der Waals surface area (Å²) in [6, 6.07) is 0. The lowest BCUT2D eigenvalue weighted by Gasteiger charge is -2.30. The number of aromatic nitrogens is 1. The Morgan fingerprint density at radius 1 is 1.39 bits per heavy atom. The van der Waals surface area contributed by atoms with Crippen LogP contribution < -0.4 is 0 Å². The van der Waals surface area contributed by atoms with Gasteiger partial charge in [-0.15, -0.1) is 11.3 Å². The zero-order chi connectivity index (χ0) is 21.0. The van der Waals surface area contributed by atoms with E-state index in [0.717, 1.165) is 31.1 Å². The van der Waals surface area contributed by atoms with E-state index in [9.17, 15) is 21.6 Å². The van der Waals surface area contributed by atoms with Gasteiger partial charge in [0.05, 0.1) is 26.0 Å². The van der Waals surface area contributed by atoms with E-state index in [4.69, 9.17) is 14.6 Å². The molecule has 28 heavy (non-hydrogen) atoms. The number of alkyl halides is 3. The summed E-state index contributed by atoms with van der Waals surface area (Å²) < 4.78 is 62.7. The van der Waals surface area contributed by atoms with Crippen molar-refractivity contribution in [3.63, 3.8) is 0 Å². The SMILES string of the molecule is CS(=O)(=O)N1CCOCC2(CCN(Cc3nccs3)C2)C1.O=C(O)C(F)(F)F. The van der Waals surface area contributed by atoms with E-state index < -0.39 is 22.2 Å². The van der Waals surface area contributed by atoms with Crippen LogP contribution >= 0.6 is 11.3 Å². The van der Waals surface area contributed by atoms with E-state index in [2.05, 4.69) is 9.88 Å². The smallest absolute Gasteiger partial charge is 0.475 e. The first kappa shape index (κ1) is 23.0. The molecule has 160 valence electrons. The number of likely N-dealkylation sites (tertiary alicyclic amines) is 1. The van der Waals surface area contributed by atoms with Crippen LogP contribution in [0.2, 0.25) is 0 Å². The highest BCUT2D eigenvalue weighted by atomic mass is 32.2. The number of carboxylic acid groups (broad SMARTS) is 1. The van der Waals surface area contributed by atoms with Crippen LogP contribution in [0.15, 0.2) is 11.6 Å². The molecule has 1 spiro atoms. The predicted octanol–water partition coefficient (Wildman–Crippen LogP) is 1.26. The summed E-state index contributed by atoms with van der Waals surface area (Å²) in [6.45, 7) is 4.86. The van der Waals surface area contributed by atoms with Gasteiger partial charge in [0.2, 0.25) is 10.0 Å². The van der Waals surface area contributed by atoms with Crippen LogP contribution in [0.25, 0.3) is 0 Å². The minimum atomic E-state index is -5.08. The summed E-state index contributed by atoms with van der Waals surface area (Å²) >= 11 is 1.66. The molecule has 2 saturated heterocycles. The number of ether oxygens (including phenoxy) is 1. The number of sulfonamides is 1. The third-order valence-corrected chi connectivity index (χ3v) is 6.49. The largest absolute Gasteiger partial charge is 0.490 e. The van der Waals surface area contributed by atoms with Crippen LogP contribution in [0, 0.1) is 5.41 Å². The first-order valence-electron chi connectivity index (χ1n) is 8.35. The van der Waals surface area contributed by atoms with Crippen LogP contribution in [0.5, 0.6) is 0 Å². The maximum absolute atomic E-state index is 11.9. The molecule has 2 fully saturated rings. The van der Waals surface area contributed by atoms with Crippen LogP contribution in [-0.2, 0) is 26.1 Å². The fraction of sp³-hybridized carbons (Fsp3) is 0.733. The molecule has 0 amide bonds. The topological polar surface area (TPSA) is 100 Å². The van der Waals surface area contributed by atoms with Crippen molar-refractivity contribution < 1.29 is 36.2 Å². The van der Waals surface area contributed by atoms with Crippen molar-refractivity contribution in [2.75, 3.05) is 45.6 Å². The Bertz CT molecular complexity index is 757. The normalized spacial score (nSPS) is 24.6. The van der Waals surface area contributed by atoms with Gasteiger partial charge < -0.3 is 9.84 Å². The van der Waals surface area contributed by atoms with Crippen molar-refractivity contribution in [1.29, 1.82) is 0 Å². The van der Waals surface area contributed by atoms with E-state index in [1.165, 1.54) is 6.26 Å². The molecule has 13 heteroatoms. The van der Waals surface area contributed by atoms with E-state index in [-0.39, 0.29) is 5.41 Å². The summed E-state index contributed by atoms with van der Waals surface area (Å²) in [5, 5.41) is 10.2. The highest BCUT2D eigenvalue weighted by Gasteiger charge is 2.43. The minimum absolute atomic E-state index is 0.0726. The molecule has 0 aromatic carbocycles. The first-order chi connectivity index (χ1) is 12.9. The van der Waals surface area contributed by atoms with Gasteiger partial charge in [0.1, 0.15) is 5.01 Å². The number of halogens is 3. The second-order valence-electron chi connectivity index (χ2n) is 6.84. The van der Waals surface area contributed by atoms with Crippen molar-refractivity contribution in [3.8, 4) is 0 Å². The molecule has 0 bridgehead atoms. The third kappa shape index (κ3) is 6.65. The molecule has 2 aliphatic rings. The number of rotatable bonds is 3. The maximum atomic E-state index is 11.9. The van der Waals surface area contributed by atoms with Gasteiger partial charge in [-0.05, 0) is 13.0 Å². The number of thiazole rings is 1. The van der Waals surface area contributed by atoms with Gasteiger partial charge in [0.25, 0.3) is 0 Å². The molecule has 1 unspecified atom stereocenters. The highest BCUT2D eigenvalue weighted by Crippen LogP contribution is 2.34. The Hall–Kier alpha value is -1.28. The number of hydrogen-bond donors (Lipinski definition) is 1. The first-order valence-corrected chi connectivity index (χ1v) is 11.1. The second kappa shape index (κ2) is 9.03. The lowest BCUT2D eigenvalue weighted by molar-refractivity contribution is -0.192. The average Bonchev–Trinajstić information content (AvgIpc) is 3.14. The predicted molar refractivity (Wildman–Crippen MR) is 95.4 cm³/mol. The van der Waals surface area contributed by atoms with Gasteiger partial charge in [-0.1, -0.05) is 0 Å². The van der Waals surface area contributed by atoms with E-state index in [0.29, 0.717) is 26.3 Å². The molecule has 1 N–H and O–H groups in total. The van der Waals surface area contributed by atoms with Crippen molar-refractivity contribution in [1.82, 2.24) is 14.2 Å². The molecular weight excluding hydrogens is 423 g/mol. The molecule has 3 heterocycles. The number of hydrogen-bond acceptors (Lipinski definition) is 7. The number of carboxylic acids is 1. The lowest BCUT2D eigenvalue weighted by Crippen LogP contribution is -2.42. The van der Waals surface area contributed by atoms with Crippen molar-refractivity contribution in [3.05, 3.63) is 16.6 Å². The third-order valence-electron chi connectivity index (χ3n) is 4.48. The Kier molecular flexibility index (Phi) is 7.42. The van der Waals surface area contributed by atoms with Crippen LogP contribution in [-0.4, -0.2) is 85.5 Å². The van der Waals surface area contributed by atoms with Crippen LogP contribution in [0.4, 0.5) is 13.2 Å². The second-order valence-corrected chi connectivity index (χ2v) is 9.80. The van der Waals surface area contributed by atoms with Gasteiger partial charge in [-0.2, -0.15) is 17.5 Å². The molecule has 1 atom stereocenters. The number of nitrogens with zero attached hydrogens (tertiary/aromatic N) is 3. The Labute approximate surface area is 165 Å². The Balaban J connectivity index is 0.000000345. The zero-order valence-corrected chi connectivity index (χ0v) is 16.8. The molecule has 3 rings (SSSR count). The van der Waals surface area contributed by atoms with Gasteiger partial charge in [0.15, 0.2) is 0 Å². The summed E-state index contributed by atoms with van der Waals surface area (Å²) in [5.74, 6) is -2.76. The summed E-state index contributed by atoms with van der Waals surface area (Å²) in [6.07, 6.45) is -0.995. The molecule has 8 nitrogen and oxygen atoms in total. The Morgan fingerprint density at radius 3 is 2.61 bits per heavy atom. The van der Waals surface area contributed by atoms with E-state index in [1.807, 2.05) is 11.6 Å². The molecule has 2 aliphatic heterocycles. The number of aliphatic carboxylic acids is 1. The maximum Gasteiger partial charge on any atom is 0.490 e. The van der Waals surface area contributed by atoms with Gasteiger partial charge in [0, 0.05) is 36.6 Å². The monoisotopic (exact) mass is 445 g/mol. The van der Waals surface area contributed by atoms with Crippen LogP contribution in [0.3, 0.4) is 0 Å². The standard InChI is InChI=1S/C13H21N3O3S2.C2HF3O2/c1-21(17,18)16-5-6-19-11-13(10-16)2-4-15(9-13)8-12-14-3-7-20-12;3-2(4,5)1(6)7/h3,7H,2,4-6,8-11H2,1H3;(H,6,7). The highest BCUT2D eigenvalue weighted by molar-refractivity contribution is 7.88. The zero-order valence-electron chi connectivity index (χ0n) is 15.2. The minimum Gasteiger partial charge on any atom is -0.475 e. The van der Waals surface area contributed by atoms with E-state index in [1.54, 1.807) is 15.6 Å². The molecular formula is C15H22F3N3O5S2. The molecule has 0 aliphatic carbocycles. The fourth-order valence-electron chi connectivity index (χ4n) is 3.17. The van der Waals surface area contributed by atoms with Gasteiger partial charge >= 0.3 is 12.1 Å². The average molecular weight is 445 g/mol.